The van der Waals surface area contributed by atoms with Gasteiger partial charge in [0.25, 0.3) is 0 Å². The molecular formula is C25H37N7O. The van der Waals surface area contributed by atoms with Gasteiger partial charge in [0, 0.05) is 63.5 Å². The van der Waals surface area contributed by atoms with E-state index in [-0.39, 0.29) is 11.8 Å². The number of aromatic nitrogens is 1. The molecule has 1 aromatic carbocycles. The lowest BCUT2D eigenvalue weighted by atomic mass is 9.81. The predicted octanol–water partition coefficient (Wildman–Crippen LogP) is 2.29. The average Bonchev–Trinajstić information content (AvgIpc) is 2.80. The van der Waals surface area contributed by atoms with Crippen LogP contribution in [0.4, 0.5) is 5.82 Å². The van der Waals surface area contributed by atoms with Crippen molar-refractivity contribution < 1.29 is 4.79 Å². The van der Waals surface area contributed by atoms with Crippen molar-refractivity contribution in [3.63, 3.8) is 0 Å². The number of fused-ring (bicyclic) bond motifs is 1. The standard InChI is InChI=1S/C25H37N7O/c1-30-9-11-32(12-10-30)16-18-3-5-19(6-4-18)25(33)29-24-14-22-13-20(23(26)17-31(2)27)7-8-21(22)15-28-24/h7-8,13-15,17-19H,3-6,9-12,16,26-27H2,1-2H3,(H,28,29,33)/b23-17-. The molecule has 0 unspecified atom stereocenters. The Kier molecular flexibility index (Phi) is 7.47. The van der Waals surface area contributed by atoms with Gasteiger partial charge >= 0.3 is 0 Å². The van der Waals surface area contributed by atoms with Crippen LogP contribution in [-0.4, -0.2) is 72.5 Å². The van der Waals surface area contributed by atoms with Crippen LogP contribution in [0.3, 0.4) is 0 Å². The van der Waals surface area contributed by atoms with E-state index >= 15 is 0 Å². The van der Waals surface area contributed by atoms with Crippen molar-refractivity contribution in [2.45, 2.75) is 25.7 Å². The molecule has 0 radical (unpaired) electrons. The Morgan fingerprint density at radius 3 is 2.58 bits per heavy atom. The van der Waals surface area contributed by atoms with E-state index < -0.39 is 0 Å². The first kappa shape index (κ1) is 23.5. The molecule has 1 aromatic heterocycles. The van der Waals surface area contributed by atoms with Crippen LogP contribution in [0.15, 0.2) is 36.7 Å². The van der Waals surface area contributed by atoms with Gasteiger partial charge in [0.1, 0.15) is 5.82 Å². The molecule has 1 saturated carbocycles. The molecule has 33 heavy (non-hydrogen) atoms. The number of hydrogen-bond acceptors (Lipinski definition) is 7. The summed E-state index contributed by atoms with van der Waals surface area (Å²) in [5.74, 6) is 7.11. The minimum atomic E-state index is 0.0660. The zero-order valence-electron chi connectivity index (χ0n) is 19.8. The number of benzene rings is 1. The van der Waals surface area contributed by atoms with E-state index in [2.05, 4.69) is 27.1 Å². The Hall–Kier alpha value is -2.68. The SMILES string of the molecule is CN(N)/C=C(\N)c1ccc2cnc(NC(=O)C3CCC(CN4CCN(C)CC4)CC3)cc2c1. The minimum absolute atomic E-state index is 0.0660. The molecular weight excluding hydrogens is 414 g/mol. The summed E-state index contributed by atoms with van der Waals surface area (Å²) in [6.07, 6.45) is 7.62. The number of pyridine rings is 1. The molecule has 2 heterocycles. The van der Waals surface area contributed by atoms with Gasteiger partial charge in [-0.2, -0.15) is 0 Å². The van der Waals surface area contributed by atoms with Crippen LogP contribution >= 0.6 is 0 Å². The Labute approximate surface area is 196 Å². The Morgan fingerprint density at radius 1 is 1.15 bits per heavy atom. The largest absolute Gasteiger partial charge is 0.397 e. The van der Waals surface area contributed by atoms with Crippen molar-refractivity contribution in [3.8, 4) is 0 Å². The number of nitrogens with one attached hydrogen (secondary N) is 1. The van der Waals surface area contributed by atoms with Crippen molar-refractivity contribution >= 4 is 28.2 Å². The quantitative estimate of drug-likeness (QED) is 0.457. The molecule has 2 fully saturated rings. The summed E-state index contributed by atoms with van der Waals surface area (Å²) in [5.41, 5.74) is 7.59. The number of anilines is 1. The molecule has 8 heteroatoms. The van der Waals surface area contributed by atoms with Crippen LogP contribution < -0.4 is 16.9 Å². The maximum absolute atomic E-state index is 12.9. The first-order chi connectivity index (χ1) is 15.9. The number of hydrazine groups is 1. The van der Waals surface area contributed by atoms with Crippen molar-refractivity contribution in [1.29, 1.82) is 0 Å². The van der Waals surface area contributed by atoms with Gasteiger partial charge in [-0.3, -0.25) is 4.79 Å². The molecule has 5 N–H and O–H groups in total. The molecule has 178 valence electrons. The van der Waals surface area contributed by atoms with Crippen LogP contribution in [0.5, 0.6) is 0 Å². The minimum Gasteiger partial charge on any atom is -0.397 e. The maximum Gasteiger partial charge on any atom is 0.228 e. The third-order valence-corrected chi connectivity index (χ3v) is 6.98. The van der Waals surface area contributed by atoms with Gasteiger partial charge < -0.3 is 25.9 Å². The second-order valence-corrected chi connectivity index (χ2v) is 9.69. The zero-order chi connectivity index (χ0) is 23.4. The fraction of sp³-hybridized carbons (Fsp3) is 0.520. The third kappa shape index (κ3) is 6.22. The third-order valence-electron chi connectivity index (χ3n) is 6.98. The summed E-state index contributed by atoms with van der Waals surface area (Å²) < 4.78 is 0. The van der Waals surface area contributed by atoms with Gasteiger partial charge in [-0.1, -0.05) is 12.1 Å². The van der Waals surface area contributed by atoms with Crippen LogP contribution in [0.25, 0.3) is 16.5 Å². The number of piperazine rings is 1. The van der Waals surface area contributed by atoms with E-state index in [1.807, 2.05) is 24.3 Å². The number of nitrogens with two attached hydrogens (primary N) is 2. The normalized spacial score (nSPS) is 22.9. The Balaban J connectivity index is 1.33. The van der Waals surface area contributed by atoms with Gasteiger partial charge in [0.05, 0.1) is 5.70 Å². The number of nitrogens with zero attached hydrogens (tertiary/aromatic N) is 4. The number of likely N-dealkylation sites (N-methyl/N-ethyl adjacent to an activating group) is 1. The number of carbonyl (C=O) groups excluding carboxylic acids is 1. The van der Waals surface area contributed by atoms with Crippen LogP contribution in [0.1, 0.15) is 31.2 Å². The highest BCUT2D eigenvalue weighted by atomic mass is 16.1. The Bertz CT molecular complexity index is 989. The average molecular weight is 452 g/mol. The summed E-state index contributed by atoms with van der Waals surface area (Å²) in [6, 6.07) is 7.82. The highest BCUT2D eigenvalue weighted by Gasteiger charge is 2.28. The monoisotopic (exact) mass is 451 g/mol. The van der Waals surface area contributed by atoms with Gasteiger partial charge in [-0.25, -0.2) is 10.8 Å². The second kappa shape index (κ2) is 10.5. The number of rotatable bonds is 6. The van der Waals surface area contributed by atoms with Crippen LogP contribution in [-0.2, 0) is 4.79 Å². The lowest BCUT2D eigenvalue weighted by Crippen LogP contribution is -2.46. The molecule has 0 atom stereocenters. The van der Waals surface area contributed by atoms with Gasteiger partial charge in [-0.05, 0) is 61.7 Å². The Morgan fingerprint density at radius 2 is 1.88 bits per heavy atom. The molecule has 4 rings (SSSR count). The smallest absolute Gasteiger partial charge is 0.228 e. The highest BCUT2D eigenvalue weighted by molar-refractivity contribution is 5.94. The van der Waals surface area contributed by atoms with Crippen molar-refractivity contribution in [2.24, 2.45) is 23.4 Å². The zero-order valence-corrected chi connectivity index (χ0v) is 19.8. The van der Waals surface area contributed by atoms with Gasteiger partial charge in [0.2, 0.25) is 5.91 Å². The number of carbonyl (C=O) groups is 1. The van der Waals surface area contributed by atoms with E-state index in [1.165, 1.54) is 11.6 Å². The topological polar surface area (TPSA) is 104 Å². The number of amides is 1. The molecule has 8 nitrogen and oxygen atoms in total. The highest BCUT2D eigenvalue weighted by Crippen LogP contribution is 2.30. The molecule has 1 amide bonds. The van der Waals surface area contributed by atoms with Crippen LogP contribution in [0, 0.1) is 11.8 Å². The molecule has 0 spiro atoms. The molecule has 0 bridgehead atoms. The summed E-state index contributed by atoms with van der Waals surface area (Å²) in [4.78, 5) is 22.3. The summed E-state index contributed by atoms with van der Waals surface area (Å²) in [7, 11) is 3.92. The number of hydrogen-bond donors (Lipinski definition) is 3. The molecule has 2 aromatic rings. The van der Waals surface area contributed by atoms with E-state index in [1.54, 1.807) is 19.4 Å². The molecule has 1 aliphatic carbocycles. The fourth-order valence-electron chi connectivity index (χ4n) is 4.91. The van der Waals surface area contributed by atoms with Gasteiger partial charge in [0.15, 0.2) is 0 Å². The predicted molar refractivity (Wildman–Crippen MR) is 134 cm³/mol. The van der Waals surface area contributed by atoms with E-state index in [0.29, 0.717) is 17.4 Å². The fourth-order valence-corrected chi connectivity index (χ4v) is 4.91. The summed E-state index contributed by atoms with van der Waals surface area (Å²) in [5, 5.41) is 6.45. The maximum atomic E-state index is 12.9. The first-order valence-electron chi connectivity index (χ1n) is 11.9. The lowest BCUT2D eigenvalue weighted by Gasteiger charge is -2.36. The van der Waals surface area contributed by atoms with Crippen molar-refractivity contribution in [3.05, 3.63) is 42.2 Å². The first-order valence-corrected chi connectivity index (χ1v) is 11.9. The molecule has 1 saturated heterocycles. The molecule has 2 aliphatic rings. The second-order valence-electron chi connectivity index (χ2n) is 9.69. The van der Waals surface area contributed by atoms with Crippen molar-refractivity contribution in [1.82, 2.24) is 19.8 Å². The van der Waals surface area contributed by atoms with Gasteiger partial charge in [-0.15, -0.1) is 0 Å². The van der Waals surface area contributed by atoms with E-state index in [4.69, 9.17) is 11.6 Å². The van der Waals surface area contributed by atoms with E-state index in [0.717, 1.165) is 68.2 Å². The summed E-state index contributed by atoms with van der Waals surface area (Å²) >= 11 is 0. The van der Waals surface area contributed by atoms with E-state index in [9.17, 15) is 4.79 Å². The molecule has 1 aliphatic heterocycles. The summed E-state index contributed by atoms with van der Waals surface area (Å²) in [6.45, 7) is 5.82. The van der Waals surface area contributed by atoms with Crippen LogP contribution in [0.2, 0.25) is 0 Å². The van der Waals surface area contributed by atoms with Crippen molar-refractivity contribution in [2.75, 3.05) is 52.1 Å². The lowest BCUT2D eigenvalue weighted by molar-refractivity contribution is -0.121.